The number of fused-ring (bicyclic) bond motifs is 1. The van der Waals surface area contributed by atoms with Crippen LogP contribution in [-0.2, 0) is 4.79 Å². The number of nitrogens with zero attached hydrogens (tertiary/aromatic N) is 4. The monoisotopic (exact) mass is 441 g/mol. The average molecular weight is 441 g/mol. The number of imidazole rings is 1. The number of piperidine rings is 1. The van der Waals surface area contributed by atoms with Crippen molar-refractivity contribution in [1.82, 2.24) is 24.8 Å². The Morgan fingerprint density at radius 3 is 2.64 bits per heavy atom. The predicted octanol–water partition coefficient (Wildman–Crippen LogP) is 4.10. The number of hydrogen-bond donors (Lipinski definition) is 1. The maximum absolute atomic E-state index is 12.8. The molecule has 8 nitrogen and oxygen atoms in total. The van der Waals surface area contributed by atoms with Crippen molar-refractivity contribution >= 4 is 22.7 Å². The minimum absolute atomic E-state index is 0.0655. The molecule has 3 heterocycles. The van der Waals surface area contributed by atoms with Crippen LogP contribution in [0.3, 0.4) is 0 Å². The second-order valence-corrected chi connectivity index (χ2v) is 8.11. The van der Waals surface area contributed by atoms with E-state index in [0.29, 0.717) is 29.6 Å². The molecule has 8 heteroatoms. The van der Waals surface area contributed by atoms with Crippen LogP contribution in [0.15, 0.2) is 60.9 Å². The van der Waals surface area contributed by atoms with Crippen molar-refractivity contribution in [1.29, 1.82) is 0 Å². The zero-order chi connectivity index (χ0) is 22.8. The summed E-state index contributed by atoms with van der Waals surface area (Å²) in [5.41, 5.74) is 2.82. The third-order valence-electron chi connectivity index (χ3n) is 5.88. The second kappa shape index (κ2) is 8.82. The summed E-state index contributed by atoms with van der Waals surface area (Å²) in [5.74, 6) is 1.22. The quantitative estimate of drug-likeness (QED) is 0.468. The van der Waals surface area contributed by atoms with Gasteiger partial charge in [-0.1, -0.05) is 12.1 Å². The molecule has 2 aromatic heterocycles. The van der Waals surface area contributed by atoms with Gasteiger partial charge in [-0.05, 0) is 49.2 Å². The summed E-state index contributed by atoms with van der Waals surface area (Å²) < 4.78 is 6.04. The lowest BCUT2D eigenvalue weighted by molar-refractivity contribution is -0.130. The van der Waals surface area contributed by atoms with Crippen molar-refractivity contribution in [2.45, 2.75) is 25.7 Å². The van der Waals surface area contributed by atoms with Gasteiger partial charge in [-0.15, -0.1) is 0 Å². The highest BCUT2D eigenvalue weighted by molar-refractivity contribution is 6.08. The van der Waals surface area contributed by atoms with E-state index in [2.05, 4.69) is 19.9 Å². The van der Waals surface area contributed by atoms with E-state index in [9.17, 15) is 9.59 Å². The van der Waals surface area contributed by atoms with E-state index in [4.69, 9.17) is 4.74 Å². The largest absolute Gasteiger partial charge is 0.437 e. The molecule has 0 spiro atoms. The number of amides is 1. The standard InChI is InChI=1S/C25H23N5O3/c1-16(31)30-14-4-5-18(15-30)22-25(27-13-12-26-22)33-19-10-8-17(9-11-19)23(32)24-28-20-6-2-3-7-21(20)29-24/h2-3,6-13,18H,4-5,14-15H2,1H3,(H,28,29). The molecular weight excluding hydrogens is 418 g/mol. The number of carbonyl (C=O) groups is 2. The Bertz CT molecular complexity index is 1280. The average Bonchev–Trinajstić information content (AvgIpc) is 3.29. The molecular formula is C25H23N5O3. The number of H-pyrrole nitrogens is 1. The number of para-hydroxylation sites is 2. The number of aromatic amines is 1. The summed E-state index contributed by atoms with van der Waals surface area (Å²) in [4.78, 5) is 42.8. The van der Waals surface area contributed by atoms with Gasteiger partial charge < -0.3 is 14.6 Å². The lowest BCUT2D eigenvalue weighted by Crippen LogP contribution is -2.38. The molecule has 166 valence electrons. The van der Waals surface area contributed by atoms with Crippen LogP contribution < -0.4 is 4.74 Å². The van der Waals surface area contributed by atoms with E-state index in [1.807, 2.05) is 29.2 Å². The fraction of sp³-hybridized carbons (Fsp3) is 0.240. The van der Waals surface area contributed by atoms with E-state index >= 15 is 0 Å². The summed E-state index contributed by atoms with van der Waals surface area (Å²) in [5, 5.41) is 0. The molecule has 1 aliphatic rings. The third kappa shape index (κ3) is 4.32. The Hall–Kier alpha value is -4.07. The lowest BCUT2D eigenvalue weighted by Gasteiger charge is -2.32. The molecule has 1 atom stereocenters. The fourth-order valence-corrected chi connectivity index (χ4v) is 4.16. The van der Waals surface area contributed by atoms with E-state index in [-0.39, 0.29) is 17.6 Å². The SMILES string of the molecule is CC(=O)N1CCCC(c2nccnc2Oc2ccc(C(=O)c3nc4ccccc4[nH]3)cc2)C1. The number of carbonyl (C=O) groups excluding carboxylic acids is 2. The van der Waals surface area contributed by atoms with Crippen LogP contribution in [0, 0.1) is 0 Å². The second-order valence-electron chi connectivity index (χ2n) is 8.11. The van der Waals surface area contributed by atoms with Gasteiger partial charge in [-0.3, -0.25) is 14.6 Å². The van der Waals surface area contributed by atoms with Crippen molar-refractivity contribution in [3.05, 3.63) is 78.0 Å². The summed E-state index contributed by atoms with van der Waals surface area (Å²) in [6.07, 6.45) is 5.07. The molecule has 1 amide bonds. The minimum atomic E-state index is -0.190. The normalized spacial score (nSPS) is 16.0. The van der Waals surface area contributed by atoms with Gasteiger partial charge in [0.05, 0.1) is 11.0 Å². The number of nitrogens with one attached hydrogen (secondary N) is 1. The zero-order valence-corrected chi connectivity index (χ0v) is 18.2. The van der Waals surface area contributed by atoms with Gasteiger partial charge >= 0.3 is 0 Å². The number of benzene rings is 2. The van der Waals surface area contributed by atoms with Gasteiger partial charge in [0, 0.05) is 43.9 Å². The number of hydrogen-bond acceptors (Lipinski definition) is 6. The van der Waals surface area contributed by atoms with Crippen LogP contribution in [-0.4, -0.2) is 49.6 Å². The van der Waals surface area contributed by atoms with Gasteiger partial charge in [0.2, 0.25) is 17.6 Å². The van der Waals surface area contributed by atoms with Gasteiger partial charge in [-0.25, -0.2) is 9.97 Å². The highest BCUT2D eigenvalue weighted by Crippen LogP contribution is 2.32. The number of ether oxygens (including phenoxy) is 1. The first-order valence-electron chi connectivity index (χ1n) is 10.9. The molecule has 2 aromatic carbocycles. The maximum Gasteiger partial charge on any atom is 0.241 e. The van der Waals surface area contributed by atoms with E-state index in [1.165, 1.54) is 0 Å². The van der Waals surface area contributed by atoms with Gasteiger partial charge in [-0.2, -0.15) is 0 Å². The Morgan fingerprint density at radius 1 is 1.06 bits per heavy atom. The molecule has 1 unspecified atom stereocenters. The molecule has 0 aliphatic carbocycles. The lowest BCUT2D eigenvalue weighted by atomic mass is 9.94. The first-order valence-corrected chi connectivity index (χ1v) is 10.9. The first kappa shape index (κ1) is 20.8. The molecule has 4 aromatic rings. The fourth-order valence-electron chi connectivity index (χ4n) is 4.16. The Balaban J connectivity index is 1.33. The number of rotatable bonds is 5. The maximum atomic E-state index is 12.8. The molecule has 5 rings (SSSR count). The topological polar surface area (TPSA) is 101 Å². The minimum Gasteiger partial charge on any atom is -0.437 e. The van der Waals surface area contributed by atoms with Crippen molar-refractivity contribution in [3.63, 3.8) is 0 Å². The van der Waals surface area contributed by atoms with Crippen molar-refractivity contribution < 1.29 is 14.3 Å². The molecule has 1 saturated heterocycles. The summed E-state index contributed by atoms with van der Waals surface area (Å²) >= 11 is 0. The molecule has 0 radical (unpaired) electrons. The molecule has 1 aliphatic heterocycles. The van der Waals surface area contributed by atoms with Crippen LogP contribution in [0.2, 0.25) is 0 Å². The molecule has 1 N–H and O–H groups in total. The van der Waals surface area contributed by atoms with E-state index < -0.39 is 0 Å². The molecule has 1 fully saturated rings. The Kier molecular flexibility index (Phi) is 5.56. The molecule has 33 heavy (non-hydrogen) atoms. The molecule has 0 saturated carbocycles. The number of aromatic nitrogens is 4. The Labute approximate surface area is 190 Å². The van der Waals surface area contributed by atoms with Crippen LogP contribution in [0.4, 0.5) is 0 Å². The van der Waals surface area contributed by atoms with Crippen molar-refractivity contribution in [2.75, 3.05) is 13.1 Å². The Morgan fingerprint density at radius 2 is 1.85 bits per heavy atom. The van der Waals surface area contributed by atoms with Crippen molar-refractivity contribution in [3.8, 4) is 11.6 Å². The smallest absolute Gasteiger partial charge is 0.241 e. The predicted molar refractivity (Wildman–Crippen MR) is 122 cm³/mol. The van der Waals surface area contributed by atoms with Gasteiger partial charge in [0.25, 0.3) is 0 Å². The highest BCUT2D eigenvalue weighted by Gasteiger charge is 2.27. The zero-order valence-electron chi connectivity index (χ0n) is 18.2. The third-order valence-corrected chi connectivity index (χ3v) is 5.88. The first-order chi connectivity index (χ1) is 16.1. The van der Waals surface area contributed by atoms with Gasteiger partial charge in [0.1, 0.15) is 11.4 Å². The van der Waals surface area contributed by atoms with Crippen LogP contribution in [0.1, 0.15) is 47.6 Å². The van der Waals surface area contributed by atoms with Crippen LogP contribution in [0.5, 0.6) is 11.6 Å². The van der Waals surface area contributed by atoms with Crippen LogP contribution in [0.25, 0.3) is 11.0 Å². The van der Waals surface area contributed by atoms with Crippen LogP contribution >= 0.6 is 0 Å². The molecule has 0 bridgehead atoms. The van der Waals surface area contributed by atoms with Gasteiger partial charge in [0.15, 0.2) is 5.82 Å². The summed E-state index contributed by atoms with van der Waals surface area (Å²) in [6, 6.07) is 14.4. The summed E-state index contributed by atoms with van der Waals surface area (Å²) in [7, 11) is 0. The van der Waals surface area contributed by atoms with E-state index in [1.54, 1.807) is 43.6 Å². The van der Waals surface area contributed by atoms with E-state index in [0.717, 1.165) is 36.1 Å². The highest BCUT2D eigenvalue weighted by atomic mass is 16.5. The summed E-state index contributed by atoms with van der Waals surface area (Å²) in [6.45, 7) is 2.96. The number of ketones is 1. The number of likely N-dealkylation sites (tertiary alicyclic amines) is 1. The van der Waals surface area contributed by atoms with Crippen molar-refractivity contribution in [2.24, 2.45) is 0 Å².